The Morgan fingerprint density at radius 2 is 1.91 bits per heavy atom. The summed E-state index contributed by atoms with van der Waals surface area (Å²) in [4.78, 5) is 36.9. The highest BCUT2D eigenvalue weighted by atomic mass is 35.5. The summed E-state index contributed by atoms with van der Waals surface area (Å²) in [6.07, 6.45) is 0.622. The van der Waals surface area contributed by atoms with E-state index in [0.717, 1.165) is 43.5 Å². The van der Waals surface area contributed by atoms with E-state index in [-0.39, 0.29) is 18.0 Å². The van der Waals surface area contributed by atoms with Crippen molar-refractivity contribution in [3.63, 3.8) is 0 Å². The number of hydrogen-bond donors (Lipinski definition) is 2. The quantitative estimate of drug-likeness (QED) is 0.267. The molecule has 0 aliphatic carbocycles. The molecule has 9 nitrogen and oxygen atoms in total. The molecule has 4 rings (SSSR count). The van der Waals surface area contributed by atoms with Crippen molar-refractivity contribution in [2.45, 2.75) is 43.8 Å². The van der Waals surface area contributed by atoms with E-state index in [1.54, 1.807) is 18.4 Å². The molecule has 1 saturated heterocycles. The third kappa shape index (κ3) is 5.99. The number of aryl methyl sites for hydroxylation is 1. The molecule has 1 aliphatic heterocycles. The smallest absolute Gasteiger partial charge is 0.316 e. The maximum absolute atomic E-state index is 13.8. The van der Waals surface area contributed by atoms with Crippen LogP contribution in [0.25, 0.3) is 11.2 Å². The molecule has 0 saturated carbocycles. The number of anilines is 1. The van der Waals surface area contributed by atoms with Gasteiger partial charge in [-0.1, -0.05) is 48.0 Å². The van der Waals surface area contributed by atoms with Crippen molar-refractivity contribution < 1.29 is 9.90 Å². The number of halogens is 1. The minimum atomic E-state index is -0.959. The van der Waals surface area contributed by atoms with Crippen LogP contribution in [0.2, 0.25) is 0 Å². The highest BCUT2D eigenvalue weighted by Crippen LogP contribution is 2.25. The molecule has 3 heterocycles. The van der Waals surface area contributed by atoms with Crippen molar-refractivity contribution in [3.8, 4) is 11.8 Å². The van der Waals surface area contributed by atoms with Crippen LogP contribution in [0.5, 0.6) is 0 Å². The molecule has 11 heteroatoms. The SMILES string of the molecule is CC#CCn1c(N2CCNCC2)nc2nc(SC(C)C(=O)O)n(CCc3ccccc3)c(=O)c21.Cl. The number of fused-ring (bicyclic) bond motifs is 1. The Morgan fingerprint density at radius 1 is 1.20 bits per heavy atom. The zero-order valence-electron chi connectivity index (χ0n) is 19.7. The number of hydrogen-bond acceptors (Lipinski definition) is 7. The summed E-state index contributed by atoms with van der Waals surface area (Å²) in [5.74, 6) is 5.68. The fraction of sp³-hybridized carbons (Fsp3) is 0.417. The average molecular weight is 517 g/mol. The molecule has 0 radical (unpaired) electrons. The number of piperazine rings is 1. The van der Waals surface area contributed by atoms with E-state index in [1.807, 2.05) is 34.9 Å². The molecule has 1 atom stereocenters. The Kier molecular flexibility index (Phi) is 9.20. The highest BCUT2D eigenvalue weighted by Gasteiger charge is 2.25. The summed E-state index contributed by atoms with van der Waals surface area (Å²) in [6, 6.07) is 9.88. The lowest BCUT2D eigenvalue weighted by molar-refractivity contribution is -0.136. The summed E-state index contributed by atoms with van der Waals surface area (Å²) in [7, 11) is 0. The Bertz CT molecular complexity index is 1290. The summed E-state index contributed by atoms with van der Waals surface area (Å²) in [5.41, 5.74) is 1.58. The molecule has 0 bridgehead atoms. The molecule has 0 spiro atoms. The lowest BCUT2D eigenvalue weighted by atomic mass is 10.1. The average Bonchev–Trinajstić information content (AvgIpc) is 3.22. The Labute approximate surface area is 214 Å². The number of carboxylic acids is 1. The molecule has 3 aromatic rings. The van der Waals surface area contributed by atoms with Crippen LogP contribution in [0, 0.1) is 11.8 Å². The van der Waals surface area contributed by atoms with Gasteiger partial charge in [-0.15, -0.1) is 18.3 Å². The second-order valence-electron chi connectivity index (χ2n) is 8.02. The Hall–Kier alpha value is -3.00. The van der Waals surface area contributed by atoms with Crippen LogP contribution in [0.3, 0.4) is 0 Å². The number of aliphatic carboxylic acids is 1. The minimum Gasteiger partial charge on any atom is -0.480 e. The molecular formula is C24H29ClN6O3S. The maximum atomic E-state index is 13.8. The molecule has 1 fully saturated rings. The van der Waals surface area contributed by atoms with E-state index in [0.29, 0.717) is 41.8 Å². The number of thioether (sulfide) groups is 1. The first kappa shape index (κ1) is 26.6. The van der Waals surface area contributed by atoms with E-state index in [2.05, 4.69) is 22.1 Å². The lowest BCUT2D eigenvalue weighted by Gasteiger charge is -2.28. The number of benzene rings is 1. The Morgan fingerprint density at radius 3 is 2.57 bits per heavy atom. The number of nitrogens with zero attached hydrogens (tertiary/aromatic N) is 5. The fourth-order valence-electron chi connectivity index (χ4n) is 3.88. The zero-order valence-corrected chi connectivity index (χ0v) is 21.4. The normalized spacial score (nSPS) is 14.2. The van der Waals surface area contributed by atoms with Gasteiger partial charge in [-0.05, 0) is 25.8 Å². The van der Waals surface area contributed by atoms with Crippen LogP contribution >= 0.6 is 24.2 Å². The largest absolute Gasteiger partial charge is 0.480 e. The molecule has 1 aromatic carbocycles. The number of rotatable bonds is 8. The third-order valence-electron chi connectivity index (χ3n) is 5.72. The molecule has 1 aliphatic rings. The number of aromatic nitrogens is 4. The van der Waals surface area contributed by atoms with Gasteiger partial charge in [-0.3, -0.25) is 18.7 Å². The number of carbonyl (C=O) groups is 1. The van der Waals surface area contributed by atoms with Gasteiger partial charge in [0.05, 0.1) is 6.54 Å². The van der Waals surface area contributed by atoms with Gasteiger partial charge in [-0.25, -0.2) is 4.98 Å². The Balaban J connectivity index is 0.00000342. The van der Waals surface area contributed by atoms with Crippen molar-refractivity contribution in [2.24, 2.45) is 0 Å². The first-order valence-electron chi connectivity index (χ1n) is 11.3. The summed E-state index contributed by atoms with van der Waals surface area (Å²) in [5, 5.41) is 12.4. The first-order valence-corrected chi connectivity index (χ1v) is 12.2. The minimum absolute atomic E-state index is 0. The van der Waals surface area contributed by atoms with Crippen molar-refractivity contribution in [3.05, 3.63) is 46.2 Å². The molecule has 1 unspecified atom stereocenters. The fourth-order valence-corrected chi connectivity index (χ4v) is 4.74. The summed E-state index contributed by atoms with van der Waals surface area (Å²) in [6.45, 7) is 7.26. The van der Waals surface area contributed by atoms with E-state index >= 15 is 0 Å². The summed E-state index contributed by atoms with van der Waals surface area (Å²) >= 11 is 1.06. The van der Waals surface area contributed by atoms with Crippen LogP contribution in [-0.4, -0.2) is 61.6 Å². The van der Waals surface area contributed by atoms with Crippen LogP contribution in [0.4, 0.5) is 5.95 Å². The van der Waals surface area contributed by atoms with Gasteiger partial charge < -0.3 is 15.3 Å². The van der Waals surface area contributed by atoms with Gasteiger partial charge >= 0.3 is 5.97 Å². The van der Waals surface area contributed by atoms with Crippen molar-refractivity contribution in [1.29, 1.82) is 0 Å². The van der Waals surface area contributed by atoms with Crippen molar-refractivity contribution in [2.75, 3.05) is 31.1 Å². The molecule has 35 heavy (non-hydrogen) atoms. The van der Waals surface area contributed by atoms with Gasteiger partial charge in [0.2, 0.25) is 5.95 Å². The van der Waals surface area contributed by atoms with E-state index in [9.17, 15) is 14.7 Å². The van der Waals surface area contributed by atoms with E-state index in [1.165, 1.54) is 0 Å². The van der Waals surface area contributed by atoms with E-state index in [4.69, 9.17) is 9.97 Å². The maximum Gasteiger partial charge on any atom is 0.316 e. The second kappa shape index (κ2) is 12.1. The van der Waals surface area contributed by atoms with Gasteiger partial charge in [0, 0.05) is 32.7 Å². The molecule has 186 valence electrons. The molecule has 2 N–H and O–H groups in total. The van der Waals surface area contributed by atoms with Gasteiger partial charge in [0.1, 0.15) is 5.25 Å². The van der Waals surface area contributed by atoms with Crippen LogP contribution in [0.15, 0.2) is 40.3 Å². The van der Waals surface area contributed by atoms with Gasteiger partial charge in [0.25, 0.3) is 5.56 Å². The lowest BCUT2D eigenvalue weighted by Crippen LogP contribution is -2.44. The van der Waals surface area contributed by atoms with Crippen LogP contribution in [0.1, 0.15) is 19.4 Å². The molecule has 2 aromatic heterocycles. The van der Waals surface area contributed by atoms with Crippen LogP contribution in [-0.2, 0) is 24.3 Å². The summed E-state index contributed by atoms with van der Waals surface area (Å²) < 4.78 is 3.43. The standard InChI is InChI=1S/C24H28N6O3S.ClH/c1-3-4-13-29-19-20(26-23(29)28-15-11-25-12-16-28)27-24(34-17(2)22(32)33)30(21(19)31)14-10-18-8-6-5-7-9-18;/h5-9,17,25H,10-16H2,1-2H3,(H,32,33);1H. The molecular weight excluding hydrogens is 488 g/mol. The van der Waals surface area contributed by atoms with E-state index < -0.39 is 11.2 Å². The predicted molar refractivity (Wildman–Crippen MR) is 141 cm³/mol. The van der Waals surface area contributed by atoms with Crippen LogP contribution < -0.4 is 15.8 Å². The second-order valence-corrected chi connectivity index (χ2v) is 9.33. The topological polar surface area (TPSA) is 105 Å². The third-order valence-corrected chi connectivity index (χ3v) is 6.80. The number of imidazole rings is 1. The molecule has 0 amide bonds. The first-order chi connectivity index (χ1) is 16.5. The highest BCUT2D eigenvalue weighted by molar-refractivity contribution is 8.00. The van der Waals surface area contributed by atoms with Gasteiger partial charge in [-0.2, -0.15) is 4.98 Å². The monoisotopic (exact) mass is 516 g/mol. The number of carboxylic acid groups (broad SMARTS) is 1. The van der Waals surface area contributed by atoms with Gasteiger partial charge in [0.15, 0.2) is 16.3 Å². The van der Waals surface area contributed by atoms with Crippen molar-refractivity contribution in [1.82, 2.24) is 24.4 Å². The number of nitrogens with one attached hydrogen (secondary N) is 1. The predicted octanol–water partition coefficient (Wildman–Crippen LogP) is 2.26. The zero-order chi connectivity index (χ0) is 24.1. The van der Waals surface area contributed by atoms with Crippen molar-refractivity contribution >= 4 is 47.3 Å².